The summed E-state index contributed by atoms with van der Waals surface area (Å²) in [5.41, 5.74) is 3.67. The van der Waals surface area contributed by atoms with E-state index in [2.05, 4.69) is 21.1 Å². The summed E-state index contributed by atoms with van der Waals surface area (Å²) in [4.78, 5) is 47.6. The molecule has 2 aliphatic heterocycles. The summed E-state index contributed by atoms with van der Waals surface area (Å²) in [6, 6.07) is 0.225. The minimum atomic E-state index is -1.26. The number of esters is 4. The van der Waals surface area contributed by atoms with Crippen molar-refractivity contribution in [3.8, 4) is 0 Å². The third-order valence-electron chi connectivity index (χ3n) is 7.05. The van der Waals surface area contributed by atoms with E-state index in [4.69, 9.17) is 35.9 Å². The van der Waals surface area contributed by atoms with Crippen molar-refractivity contribution in [1.82, 2.24) is 21.1 Å². The first-order valence-electron chi connectivity index (χ1n) is 13.9. The number of carbonyl (C=O) groups excluding carboxylic acids is 4. The molecule has 226 valence electrons. The summed E-state index contributed by atoms with van der Waals surface area (Å²) in [6.45, 7) is 6.50. The minimum Gasteiger partial charge on any atom is -0.463 e. The minimum absolute atomic E-state index is 0.0429. The molecule has 3 aliphatic rings. The summed E-state index contributed by atoms with van der Waals surface area (Å²) < 4.78 is 27.6. The molecule has 1 saturated carbocycles. The Hall–Kier alpha value is -2.55. The number of nitrogens with zero attached hydrogens (tertiary/aromatic N) is 1. The zero-order valence-electron chi connectivity index (χ0n) is 23.6. The molecule has 0 radical (unpaired) electrons. The molecule has 3 N–H and O–H groups in total. The largest absolute Gasteiger partial charge is 0.463 e. The molecule has 3 fully saturated rings. The number of hydrazine groups is 1. The fourth-order valence-corrected chi connectivity index (χ4v) is 5.67. The maximum absolute atomic E-state index is 12.1. The van der Waals surface area contributed by atoms with Gasteiger partial charge in [0.05, 0.1) is 0 Å². The van der Waals surface area contributed by atoms with Crippen LogP contribution >= 0.6 is 12.2 Å². The molecule has 2 saturated heterocycles. The van der Waals surface area contributed by atoms with Crippen LogP contribution < -0.4 is 16.1 Å². The van der Waals surface area contributed by atoms with Crippen LogP contribution in [0.25, 0.3) is 0 Å². The van der Waals surface area contributed by atoms with Gasteiger partial charge in [0.2, 0.25) is 0 Å². The van der Waals surface area contributed by atoms with Crippen LogP contribution in [-0.2, 0) is 42.9 Å². The van der Waals surface area contributed by atoms with Gasteiger partial charge < -0.3 is 34.3 Å². The monoisotopic (exact) mass is 586 g/mol. The van der Waals surface area contributed by atoms with Gasteiger partial charge in [-0.3, -0.25) is 24.6 Å². The van der Waals surface area contributed by atoms with E-state index in [0.717, 1.165) is 38.8 Å². The highest BCUT2D eigenvalue weighted by atomic mass is 32.1. The topological polar surface area (TPSA) is 154 Å². The Bertz CT molecular complexity index is 917. The highest BCUT2D eigenvalue weighted by Gasteiger charge is 2.52. The van der Waals surface area contributed by atoms with Crippen LogP contribution in [0.15, 0.2) is 0 Å². The maximum Gasteiger partial charge on any atom is 0.303 e. The molecule has 3 rings (SSSR count). The molecule has 1 aliphatic carbocycles. The lowest BCUT2D eigenvalue weighted by Crippen LogP contribution is -2.67. The number of thiocarbonyl (C=S) groups is 1. The molecule has 0 unspecified atom stereocenters. The number of piperidine rings is 1. The summed E-state index contributed by atoms with van der Waals surface area (Å²) in [5.74, 6) is -2.63. The standard InChI is InChI=1S/C26H42N4O9S/c1-15(31)35-14-21-22(36-16(2)32)23(37-17(3)33)24(38-18(4)34)25(39-21)28-26(40)27-19-10-6-7-11-20(19)29-30-12-8-5-9-13-30/h19-25,29H,5-14H2,1-4H3,(H2,27,28,40)/t19-,20-,21+,22+,23-,24+,25+/m0/s1. The van der Waals surface area contributed by atoms with Crippen LogP contribution in [0.4, 0.5) is 0 Å². The maximum atomic E-state index is 12.1. The van der Waals surface area contributed by atoms with Gasteiger partial charge in [-0.15, -0.1) is 0 Å². The van der Waals surface area contributed by atoms with Crippen molar-refractivity contribution in [3.05, 3.63) is 0 Å². The Morgan fingerprint density at radius 3 is 1.93 bits per heavy atom. The van der Waals surface area contributed by atoms with E-state index >= 15 is 0 Å². The Morgan fingerprint density at radius 1 is 0.750 bits per heavy atom. The Balaban J connectivity index is 1.78. The molecule has 0 aromatic rings. The van der Waals surface area contributed by atoms with Crippen LogP contribution in [0.3, 0.4) is 0 Å². The SMILES string of the molecule is CC(=O)OC[C@H]1O[C@@H](NC(=S)N[C@H]2CCCC[C@@H]2NN2CCCCC2)[C@H](OC(C)=O)[C@@H](OC(C)=O)[C@@H]1OC(C)=O. The first-order chi connectivity index (χ1) is 19.0. The first-order valence-corrected chi connectivity index (χ1v) is 14.3. The molecular formula is C26H42N4O9S. The van der Waals surface area contributed by atoms with Gasteiger partial charge in [0.25, 0.3) is 0 Å². The number of ether oxygens (including phenoxy) is 5. The zero-order chi connectivity index (χ0) is 29.2. The molecular weight excluding hydrogens is 544 g/mol. The van der Waals surface area contributed by atoms with Crippen molar-refractivity contribution >= 4 is 41.2 Å². The second-order valence-corrected chi connectivity index (χ2v) is 10.8. The third-order valence-corrected chi connectivity index (χ3v) is 7.29. The molecule has 0 aromatic heterocycles. The lowest BCUT2D eigenvalue weighted by Gasteiger charge is -2.45. The summed E-state index contributed by atoms with van der Waals surface area (Å²) in [6.07, 6.45) is 1.78. The average Bonchev–Trinajstić information content (AvgIpc) is 2.87. The summed E-state index contributed by atoms with van der Waals surface area (Å²) in [5, 5.41) is 8.95. The van der Waals surface area contributed by atoms with Crippen LogP contribution in [0.5, 0.6) is 0 Å². The van der Waals surface area contributed by atoms with E-state index in [1.165, 1.54) is 47.0 Å². The molecule has 13 nitrogen and oxygen atoms in total. The van der Waals surface area contributed by atoms with Crippen molar-refractivity contribution in [1.29, 1.82) is 0 Å². The number of carbonyl (C=O) groups is 4. The van der Waals surface area contributed by atoms with E-state index in [0.29, 0.717) is 0 Å². The van der Waals surface area contributed by atoms with Crippen LogP contribution in [0, 0.1) is 0 Å². The van der Waals surface area contributed by atoms with Gasteiger partial charge in [-0.1, -0.05) is 19.3 Å². The highest BCUT2D eigenvalue weighted by Crippen LogP contribution is 2.28. The lowest BCUT2D eigenvalue weighted by atomic mass is 9.90. The average molecular weight is 587 g/mol. The fraction of sp³-hybridized carbons (Fsp3) is 0.808. The molecule has 0 spiro atoms. The van der Waals surface area contributed by atoms with Gasteiger partial charge in [-0.05, 0) is 37.9 Å². The molecule has 2 heterocycles. The molecule has 0 amide bonds. The number of nitrogens with one attached hydrogen (secondary N) is 3. The normalized spacial score (nSPS) is 30.9. The quantitative estimate of drug-likeness (QED) is 0.199. The second-order valence-electron chi connectivity index (χ2n) is 10.4. The van der Waals surface area contributed by atoms with Gasteiger partial charge >= 0.3 is 23.9 Å². The lowest BCUT2D eigenvalue weighted by molar-refractivity contribution is -0.255. The second kappa shape index (κ2) is 15.5. The highest BCUT2D eigenvalue weighted by molar-refractivity contribution is 7.80. The first kappa shape index (κ1) is 32.0. The number of rotatable bonds is 9. The van der Waals surface area contributed by atoms with Crippen molar-refractivity contribution in [2.75, 3.05) is 19.7 Å². The van der Waals surface area contributed by atoms with Gasteiger partial charge in [0, 0.05) is 52.9 Å². The van der Waals surface area contributed by atoms with Crippen molar-refractivity contribution in [2.45, 2.75) is 115 Å². The molecule has 7 atom stereocenters. The van der Waals surface area contributed by atoms with E-state index in [-0.39, 0.29) is 23.8 Å². The molecule has 14 heteroatoms. The smallest absolute Gasteiger partial charge is 0.303 e. The third kappa shape index (κ3) is 9.82. The van der Waals surface area contributed by atoms with Crippen molar-refractivity contribution in [2.24, 2.45) is 0 Å². The van der Waals surface area contributed by atoms with Gasteiger partial charge in [-0.25, -0.2) is 5.01 Å². The molecule has 0 bridgehead atoms. The van der Waals surface area contributed by atoms with Crippen LogP contribution in [0.2, 0.25) is 0 Å². The predicted molar refractivity (Wildman–Crippen MR) is 145 cm³/mol. The Kier molecular flexibility index (Phi) is 12.3. The Labute approximate surface area is 240 Å². The zero-order valence-corrected chi connectivity index (χ0v) is 24.5. The number of hydrogen-bond acceptors (Lipinski definition) is 12. The van der Waals surface area contributed by atoms with Crippen molar-refractivity contribution in [3.63, 3.8) is 0 Å². The van der Waals surface area contributed by atoms with Crippen LogP contribution in [-0.4, -0.2) is 96.4 Å². The van der Waals surface area contributed by atoms with E-state index < -0.39 is 54.5 Å². The van der Waals surface area contributed by atoms with Gasteiger partial charge in [0.1, 0.15) is 12.7 Å². The fourth-order valence-electron chi connectivity index (χ4n) is 5.40. The van der Waals surface area contributed by atoms with E-state index in [9.17, 15) is 19.2 Å². The van der Waals surface area contributed by atoms with E-state index in [1.54, 1.807) is 0 Å². The van der Waals surface area contributed by atoms with Crippen LogP contribution in [0.1, 0.15) is 72.6 Å². The Morgan fingerprint density at radius 2 is 1.32 bits per heavy atom. The number of hydrogen-bond donors (Lipinski definition) is 3. The predicted octanol–water partition coefficient (Wildman–Crippen LogP) is 0.835. The molecule has 0 aromatic carbocycles. The molecule has 40 heavy (non-hydrogen) atoms. The van der Waals surface area contributed by atoms with Gasteiger partial charge in [-0.2, -0.15) is 0 Å². The van der Waals surface area contributed by atoms with E-state index in [1.807, 2.05) is 0 Å². The summed E-state index contributed by atoms with van der Waals surface area (Å²) >= 11 is 5.65. The van der Waals surface area contributed by atoms with Crippen molar-refractivity contribution < 1.29 is 42.9 Å². The van der Waals surface area contributed by atoms with Gasteiger partial charge in [0.15, 0.2) is 29.7 Å². The summed E-state index contributed by atoms with van der Waals surface area (Å²) in [7, 11) is 0.